The number of hydrogen-bond donors (Lipinski definition) is 2. The molecule has 152 valence electrons. The minimum absolute atomic E-state index is 0.225. The number of carbonyl (C=O) groups is 3. The van der Waals surface area contributed by atoms with E-state index in [9.17, 15) is 14.4 Å². The van der Waals surface area contributed by atoms with Crippen molar-refractivity contribution >= 4 is 17.8 Å². The zero-order chi connectivity index (χ0) is 20.9. The predicted octanol–water partition coefficient (Wildman–Crippen LogP) is 1.83. The smallest absolute Gasteiger partial charge is 0.325 e. The Morgan fingerprint density at radius 2 is 1.72 bits per heavy atom. The number of nitrogens with zero attached hydrogens (tertiary/aromatic N) is 1. The van der Waals surface area contributed by atoms with Crippen molar-refractivity contribution in [1.82, 2.24) is 15.5 Å². The summed E-state index contributed by atoms with van der Waals surface area (Å²) in [6, 6.07) is 17.8. The molecule has 1 heterocycles. The standard InChI is InChI=1S/C22H25N3O4/c1-16(15-29-2)23-19(26)14-25-20(27)22(24-21(25)28,18-11-7-4-8-12-18)13-17-9-5-3-6-10-17/h3-12,16H,13-15H2,1-2H3,(H,23,26)(H,24,28)/t16-,22+/m1/s1. The van der Waals surface area contributed by atoms with Gasteiger partial charge in [-0.1, -0.05) is 60.7 Å². The van der Waals surface area contributed by atoms with Gasteiger partial charge in [0.25, 0.3) is 5.91 Å². The average molecular weight is 395 g/mol. The molecule has 1 fully saturated rings. The summed E-state index contributed by atoms with van der Waals surface area (Å²) in [7, 11) is 1.54. The summed E-state index contributed by atoms with van der Waals surface area (Å²) in [5.41, 5.74) is 0.334. The van der Waals surface area contributed by atoms with Crippen molar-refractivity contribution in [2.24, 2.45) is 0 Å². The Morgan fingerprint density at radius 3 is 2.34 bits per heavy atom. The highest BCUT2D eigenvalue weighted by atomic mass is 16.5. The van der Waals surface area contributed by atoms with Crippen LogP contribution in [0.2, 0.25) is 0 Å². The first-order valence-electron chi connectivity index (χ1n) is 9.48. The van der Waals surface area contributed by atoms with Gasteiger partial charge in [-0.25, -0.2) is 4.79 Å². The van der Waals surface area contributed by atoms with Gasteiger partial charge in [0.2, 0.25) is 5.91 Å². The predicted molar refractivity (Wildman–Crippen MR) is 108 cm³/mol. The maximum atomic E-state index is 13.4. The molecule has 3 rings (SSSR count). The molecule has 0 radical (unpaired) electrons. The van der Waals surface area contributed by atoms with Gasteiger partial charge < -0.3 is 15.4 Å². The normalized spacial score (nSPS) is 19.7. The first-order valence-corrected chi connectivity index (χ1v) is 9.48. The van der Waals surface area contributed by atoms with Crippen molar-refractivity contribution in [1.29, 1.82) is 0 Å². The number of benzene rings is 2. The van der Waals surface area contributed by atoms with E-state index in [0.29, 0.717) is 18.6 Å². The lowest BCUT2D eigenvalue weighted by Gasteiger charge is -2.27. The first kappa shape index (κ1) is 20.5. The molecular formula is C22H25N3O4. The van der Waals surface area contributed by atoms with E-state index in [0.717, 1.165) is 10.5 Å². The topological polar surface area (TPSA) is 87.7 Å². The number of methoxy groups -OCH3 is 1. The molecule has 0 unspecified atom stereocenters. The lowest BCUT2D eigenvalue weighted by atomic mass is 9.83. The molecule has 0 bridgehead atoms. The van der Waals surface area contributed by atoms with Crippen LogP contribution >= 0.6 is 0 Å². The number of ether oxygens (including phenoxy) is 1. The van der Waals surface area contributed by atoms with Gasteiger partial charge in [0.1, 0.15) is 6.54 Å². The summed E-state index contributed by atoms with van der Waals surface area (Å²) in [4.78, 5) is 39.4. The summed E-state index contributed by atoms with van der Waals surface area (Å²) in [6.07, 6.45) is 0.292. The van der Waals surface area contributed by atoms with Crippen molar-refractivity contribution in [3.05, 3.63) is 71.8 Å². The summed E-state index contributed by atoms with van der Waals surface area (Å²) in [6.45, 7) is 1.78. The second-order valence-electron chi connectivity index (χ2n) is 7.18. The van der Waals surface area contributed by atoms with Crippen molar-refractivity contribution in [3.63, 3.8) is 0 Å². The summed E-state index contributed by atoms with van der Waals surface area (Å²) in [5.74, 6) is -0.853. The lowest BCUT2D eigenvalue weighted by molar-refractivity contribution is -0.135. The molecule has 0 aliphatic carbocycles. The Labute approximate surface area is 170 Å². The Bertz CT molecular complexity index is 872. The summed E-state index contributed by atoms with van der Waals surface area (Å²) in [5, 5.41) is 5.58. The van der Waals surface area contributed by atoms with E-state index in [4.69, 9.17) is 4.74 Å². The van der Waals surface area contributed by atoms with E-state index in [1.807, 2.05) is 60.7 Å². The molecule has 0 saturated carbocycles. The molecule has 1 aliphatic rings. The van der Waals surface area contributed by atoms with Crippen molar-refractivity contribution in [3.8, 4) is 0 Å². The maximum Gasteiger partial charge on any atom is 0.325 e. The molecule has 2 aromatic rings. The number of imide groups is 1. The molecule has 0 aromatic heterocycles. The van der Waals surface area contributed by atoms with E-state index >= 15 is 0 Å². The summed E-state index contributed by atoms with van der Waals surface area (Å²) >= 11 is 0. The van der Waals surface area contributed by atoms with Gasteiger partial charge in [0.05, 0.1) is 6.61 Å². The lowest BCUT2D eigenvalue weighted by Crippen LogP contribution is -2.47. The third-order valence-corrected chi connectivity index (χ3v) is 4.88. The van der Waals surface area contributed by atoms with Crippen LogP contribution in [0.15, 0.2) is 60.7 Å². The molecule has 29 heavy (non-hydrogen) atoms. The molecular weight excluding hydrogens is 370 g/mol. The van der Waals surface area contributed by atoms with Gasteiger partial charge in [0, 0.05) is 19.6 Å². The second-order valence-corrected chi connectivity index (χ2v) is 7.18. The van der Waals surface area contributed by atoms with E-state index in [1.165, 1.54) is 7.11 Å². The fraction of sp³-hybridized carbons (Fsp3) is 0.318. The monoisotopic (exact) mass is 395 g/mol. The molecule has 1 saturated heterocycles. The highest BCUT2D eigenvalue weighted by Gasteiger charge is 2.52. The fourth-order valence-electron chi connectivity index (χ4n) is 3.57. The van der Waals surface area contributed by atoms with Gasteiger partial charge in [-0.15, -0.1) is 0 Å². The quantitative estimate of drug-likeness (QED) is 0.668. The van der Waals surface area contributed by atoms with Crippen LogP contribution in [0.1, 0.15) is 18.1 Å². The SMILES string of the molecule is COC[C@@H](C)NC(=O)CN1C(=O)N[C@@](Cc2ccccc2)(c2ccccc2)C1=O. The van der Waals surface area contributed by atoms with Crippen LogP contribution in [0.25, 0.3) is 0 Å². The van der Waals surface area contributed by atoms with Crippen LogP contribution in [0.4, 0.5) is 4.79 Å². The summed E-state index contributed by atoms with van der Waals surface area (Å²) < 4.78 is 5.00. The van der Waals surface area contributed by atoms with Crippen LogP contribution in [-0.2, 0) is 26.3 Å². The number of hydrogen-bond acceptors (Lipinski definition) is 4. The van der Waals surface area contributed by atoms with Crippen LogP contribution in [0, 0.1) is 0 Å². The third-order valence-electron chi connectivity index (χ3n) is 4.88. The number of carbonyl (C=O) groups excluding carboxylic acids is 3. The van der Waals surface area contributed by atoms with Gasteiger partial charge >= 0.3 is 6.03 Å². The molecule has 7 nitrogen and oxygen atoms in total. The number of nitrogens with one attached hydrogen (secondary N) is 2. The van der Waals surface area contributed by atoms with Crippen molar-refractivity contribution in [2.75, 3.05) is 20.3 Å². The molecule has 1 aliphatic heterocycles. The zero-order valence-corrected chi connectivity index (χ0v) is 16.6. The van der Waals surface area contributed by atoms with Crippen LogP contribution < -0.4 is 10.6 Å². The van der Waals surface area contributed by atoms with Crippen LogP contribution in [0.5, 0.6) is 0 Å². The second kappa shape index (κ2) is 8.87. The van der Waals surface area contributed by atoms with E-state index in [2.05, 4.69) is 10.6 Å². The first-order chi connectivity index (χ1) is 14.0. The highest BCUT2D eigenvalue weighted by molar-refractivity contribution is 6.09. The number of rotatable bonds is 8. The highest BCUT2D eigenvalue weighted by Crippen LogP contribution is 2.32. The number of amides is 4. The van der Waals surface area contributed by atoms with Crippen LogP contribution in [0.3, 0.4) is 0 Å². The fourth-order valence-corrected chi connectivity index (χ4v) is 3.57. The molecule has 0 spiro atoms. The minimum Gasteiger partial charge on any atom is -0.383 e. The Hall–Kier alpha value is -3.19. The van der Waals surface area contributed by atoms with E-state index in [-0.39, 0.29) is 12.6 Å². The van der Waals surface area contributed by atoms with E-state index in [1.54, 1.807) is 6.92 Å². The third kappa shape index (κ3) is 4.46. The molecule has 2 N–H and O–H groups in total. The van der Waals surface area contributed by atoms with Gasteiger partial charge in [0.15, 0.2) is 5.54 Å². The van der Waals surface area contributed by atoms with Crippen molar-refractivity contribution < 1.29 is 19.1 Å². The average Bonchev–Trinajstić information content (AvgIpc) is 2.94. The zero-order valence-electron chi connectivity index (χ0n) is 16.6. The molecule has 7 heteroatoms. The van der Waals surface area contributed by atoms with Crippen LogP contribution in [-0.4, -0.2) is 49.0 Å². The Balaban J connectivity index is 1.87. The largest absolute Gasteiger partial charge is 0.383 e. The number of urea groups is 1. The molecule has 2 atom stereocenters. The van der Waals surface area contributed by atoms with Gasteiger partial charge in [-0.2, -0.15) is 0 Å². The van der Waals surface area contributed by atoms with Crippen molar-refractivity contribution in [2.45, 2.75) is 24.9 Å². The Kier molecular flexibility index (Phi) is 6.29. The van der Waals surface area contributed by atoms with Gasteiger partial charge in [-0.05, 0) is 18.1 Å². The minimum atomic E-state index is -1.25. The van der Waals surface area contributed by atoms with E-state index < -0.39 is 23.4 Å². The maximum absolute atomic E-state index is 13.4. The Morgan fingerprint density at radius 1 is 1.10 bits per heavy atom. The molecule has 4 amide bonds. The molecule has 2 aromatic carbocycles. The van der Waals surface area contributed by atoms with Gasteiger partial charge in [-0.3, -0.25) is 14.5 Å².